The van der Waals surface area contributed by atoms with Gasteiger partial charge in [-0.25, -0.2) is 4.98 Å². The summed E-state index contributed by atoms with van der Waals surface area (Å²) in [6, 6.07) is 0. The lowest BCUT2D eigenvalue weighted by Gasteiger charge is -2.02. The van der Waals surface area contributed by atoms with Gasteiger partial charge in [-0.05, 0) is 0 Å². The van der Waals surface area contributed by atoms with Crippen LogP contribution in [0.2, 0.25) is 0 Å². The first kappa shape index (κ1) is 10.6. The van der Waals surface area contributed by atoms with Crippen LogP contribution < -0.4 is 5.73 Å². The van der Waals surface area contributed by atoms with Crippen LogP contribution in [0.1, 0.15) is 0 Å². The molecular formula is C7H9N3O3S. The maximum atomic E-state index is 10.6. The molecule has 0 atom stereocenters. The van der Waals surface area contributed by atoms with E-state index in [0.717, 1.165) is 11.8 Å². The first-order valence-corrected chi connectivity index (χ1v) is 4.72. The van der Waals surface area contributed by atoms with Crippen molar-refractivity contribution in [3.05, 3.63) is 12.4 Å². The molecule has 0 aliphatic rings. The highest BCUT2D eigenvalue weighted by atomic mass is 32.2. The Labute approximate surface area is 84.1 Å². The van der Waals surface area contributed by atoms with Crippen molar-refractivity contribution in [1.29, 1.82) is 0 Å². The van der Waals surface area contributed by atoms with Gasteiger partial charge in [0.15, 0.2) is 5.16 Å². The summed E-state index contributed by atoms with van der Waals surface area (Å²) in [6.07, 6.45) is 3.07. The van der Waals surface area contributed by atoms with E-state index in [1.807, 2.05) is 0 Å². The Morgan fingerprint density at radius 3 is 2.93 bits per heavy atom. The number of rotatable bonds is 5. The molecule has 1 rings (SSSR count). The maximum Gasteiger partial charge on any atom is 0.313 e. The molecule has 1 aromatic rings. The summed E-state index contributed by atoms with van der Waals surface area (Å²) in [4.78, 5) is 24.8. The zero-order valence-electron chi connectivity index (χ0n) is 7.21. The second-order valence-electron chi connectivity index (χ2n) is 2.49. The van der Waals surface area contributed by atoms with Crippen LogP contribution in [-0.4, -0.2) is 32.3 Å². The Morgan fingerprint density at radius 2 is 2.36 bits per heavy atom. The summed E-state index contributed by atoms with van der Waals surface area (Å²) < 4.78 is 1.51. The fourth-order valence-electron chi connectivity index (χ4n) is 0.850. The lowest BCUT2D eigenvalue weighted by Crippen LogP contribution is -2.18. The number of carboxylic acid groups (broad SMARTS) is 1. The molecule has 0 aliphatic heterocycles. The lowest BCUT2D eigenvalue weighted by molar-refractivity contribution is -0.133. The van der Waals surface area contributed by atoms with Crippen LogP contribution in [0.15, 0.2) is 17.6 Å². The fourth-order valence-corrected chi connectivity index (χ4v) is 1.53. The monoisotopic (exact) mass is 215 g/mol. The van der Waals surface area contributed by atoms with Crippen molar-refractivity contribution in [3.63, 3.8) is 0 Å². The molecule has 0 aromatic carbocycles. The number of aromatic nitrogens is 2. The molecule has 0 radical (unpaired) electrons. The number of hydrogen-bond donors (Lipinski definition) is 2. The van der Waals surface area contributed by atoms with Gasteiger partial charge in [-0.15, -0.1) is 0 Å². The Balaban J connectivity index is 2.62. The van der Waals surface area contributed by atoms with E-state index in [-0.39, 0.29) is 12.3 Å². The first-order valence-electron chi connectivity index (χ1n) is 3.73. The zero-order chi connectivity index (χ0) is 10.6. The smallest absolute Gasteiger partial charge is 0.313 e. The molecule has 14 heavy (non-hydrogen) atoms. The number of aliphatic carboxylic acids is 1. The van der Waals surface area contributed by atoms with Crippen LogP contribution in [0.3, 0.4) is 0 Å². The summed E-state index contributed by atoms with van der Waals surface area (Å²) in [5, 5.41) is 8.91. The number of nitrogens with two attached hydrogens (primary N) is 1. The van der Waals surface area contributed by atoms with Crippen LogP contribution >= 0.6 is 11.8 Å². The van der Waals surface area contributed by atoms with Gasteiger partial charge in [-0.1, -0.05) is 11.8 Å². The second-order valence-corrected chi connectivity index (χ2v) is 3.43. The van der Waals surface area contributed by atoms with Crippen LogP contribution in [0.25, 0.3) is 0 Å². The molecule has 1 aromatic heterocycles. The van der Waals surface area contributed by atoms with Crippen molar-refractivity contribution < 1.29 is 14.7 Å². The number of thioether (sulfide) groups is 1. The molecule has 6 nitrogen and oxygen atoms in total. The SMILES string of the molecule is NC(=O)Cn1ccnc1SCC(=O)O. The van der Waals surface area contributed by atoms with E-state index in [9.17, 15) is 9.59 Å². The number of primary amides is 1. The van der Waals surface area contributed by atoms with E-state index in [0.29, 0.717) is 5.16 Å². The zero-order valence-corrected chi connectivity index (χ0v) is 8.03. The molecular weight excluding hydrogens is 206 g/mol. The lowest BCUT2D eigenvalue weighted by atomic mass is 10.6. The second kappa shape index (κ2) is 4.66. The molecule has 0 saturated carbocycles. The predicted octanol–water partition coefficient (Wildman–Crippen LogP) is -0.455. The Hall–Kier alpha value is -1.50. The molecule has 1 heterocycles. The van der Waals surface area contributed by atoms with Crippen molar-refractivity contribution in [2.24, 2.45) is 5.73 Å². The molecule has 0 fully saturated rings. The number of hydrogen-bond acceptors (Lipinski definition) is 4. The van der Waals surface area contributed by atoms with Gasteiger partial charge < -0.3 is 15.4 Å². The normalized spacial score (nSPS) is 10.0. The number of carboxylic acids is 1. The molecule has 7 heteroatoms. The minimum absolute atomic E-state index is 0.0158. The molecule has 0 spiro atoms. The van der Waals surface area contributed by atoms with E-state index < -0.39 is 11.9 Å². The molecule has 0 aliphatic carbocycles. The minimum atomic E-state index is -0.927. The highest BCUT2D eigenvalue weighted by Crippen LogP contribution is 2.14. The topological polar surface area (TPSA) is 98.2 Å². The number of nitrogens with zero attached hydrogens (tertiary/aromatic N) is 2. The van der Waals surface area contributed by atoms with Gasteiger partial charge in [0.25, 0.3) is 0 Å². The summed E-state index contributed by atoms with van der Waals surface area (Å²) in [7, 11) is 0. The number of carbonyl (C=O) groups is 2. The summed E-state index contributed by atoms with van der Waals surface area (Å²) in [6.45, 7) is 0.0158. The number of imidazole rings is 1. The predicted molar refractivity (Wildman–Crippen MR) is 49.8 cm³/mol. The maximum absolute atomic E-state index is 10.6. The van der Waals surface area contributed by atoms with Gasteiger partial charge in [0.1, 0.15) is 6.54 Å². The largest absolute Gasteiger partial charge is 0.481 e. The van der Waals surface area contributed by atoms with Crippen molar-refractivity contribution in [3.8, 4) is 0 Å². The van der Waals surface area contributed by atoms with Crippen molar-refractivity contribution >= 4 is 23.6 Å². The molecule has 0 bridgehead atoms. The van der Waals surface area contributed by atoms with Crippen molar-refractivity contribution in [1.82, 2.24) is 9.55 Å². The van der Waals surface area contributed by atoms with Gasteiger partial charge >= 0.3 is 5.97 Å². The molecule has 0 saturated heterocycles. The Kier molecular flexibility index (Phi) is 3.52. The van der Waals surface area contributed by atoms with Crippen molar-refractivity contribution in [2.75, 3.05) is 5.75 Å². The van der Waals surface area contributed by atoms with Crippen LogP contribution in [0, 0.1) is 0 Å². The van der Waals surface area contributed by atoms with Gasteiger partial charge in [-0.2, -0.15) is 0 Å². The van der Waals surface area contributed by atoms with Crippen LogP contribution in [0.4, 0.5) is 0 Å². The Morgan fingerprint density at radius 1 is 1.64 bits per heavy atom. The molecule has 0 unspecified atom stereocenters. The van der Waals surface area contributed by atoms with Crippen LogP contribution in [0.5, 0.6) is 0 Å². The minimum Gasteiger partial charge on any atom is -0.481 e. The fraction of sp³-hybridized carbons (Fsp3) is 0.286. The van der Waals surface area contributed by atoms with Crippen molar-refractivity contribution in [2.45, 2.75) is 11.7 Å². The quantitative estimate of drug-likeness (QED) is 0.648. The van der Waals surface area contributed by atoms with E-state index in [1.54, 1.807) is 6.20 Å². The van der Waals surface area contributed by atoms with Gasteiger partial charge in [0.2, 0.25) is 5.91 Å². The third-order valence-corrected chi connectivity index (χ3v) is 2.32. The standard InChI is InChI=1S/C7H9N3O3S/c8-5(11)3-10-2-1-9-7(10)14-4-6(12)13/h1-2H,3-4H2,(H2,8,11)(H,12,13). The molecule has 3 N–H and O–H groups in total. The first-order chi connectivity index (χ1) is 6.59. The van der Waals surface area contributed by atoms with Gasteiger partial charge in [-0.3, -0.25) is 9.59 Å². The molecule has 76 valence electrons. The summed E-state index contributed by atoms with van der Waals surface area (Å²) in [5.74, 6) is -1.50. The number of amides is 1. The average Bonchev–Trinajstić information content (AvgIpc) is 2.47. The summed E-state index contributed by atoms with van der Waals surface area (Å²) >= 11 is 1.05. The highest BCUT2D eigenvalue weighted by molar-refractivity contribution is 7.99. The van der Waals surface area contributed by atoms with E-state index in [2.05, 4.69) is 4.98 Å². The highest BCUT2D eigenvalue weighted by Gasteiger charge is 2.07. The van der Waals surface area contributed by atoms with Gasteiger partial charge in [0, 0.05) is 12.4 Å². The third kappa shape index (κ3) is 3.09. The average molecular weight is 215 g/mol. The van der Waals surface area contributed by atoms with E-state index >= 15 is 0 Å². The Bertz CT molecular complexity index is 350. The van der Waals surface area contributed by atoms with E-state index in [4.69, 9.17) is 10.8 Å². The van der Waals surface area contributed by atoms with E-state index in [1.165, 1.54) is 10.8 Å². The molecule has 1 amide bonds. The summed E-state index contributed by atoms with van der Waals surface area (Å²) in [5.41, 5.74) is 5.00. The van der Waals surface area contributed by atoms with Crippen LogP contribution in [-0.2, 0) is 16.1 Å². The van der Waals surface area contributed by atoms with Gasteiger partial charge in [0.05, 0.1) is 5.75 Å². The third-order valence-electron chi connectivity index (χ3n) is 1.33. The number of carbonyl (C=O) groups excluding carboxylic acids is 1.